The molecule has 0 amide bonds. The van der Waals surface area contributed by atoms with Crippen molar-refractivity contribution in [2.24, 2.45) is 0 Å². The Kier molecular flexibility index (Phi) is 5.68. The summed E-state index contributed by atoms with van der Waals surface area (Å²) in [6.07, 6.45) is 7.32. The van der Waals surface area contributed by atoms with Gasteiger partial charge in [-0.05, 0) is 31.0 Å². The van der Waals surface area contributed by atoms with E-state index in [9.17, 15) is 4.79 Å². The third-order valence-electron chi connectivity index (χ3n) is 3.49. The van der Waals surface area contributed by atoms with Crippen LogP contribution in [0.25, 0.3) is 0 Å². The Labute approximate surface area is 124 Å². The van der Waals surface area contributed by atoms with Gasteiger partial charge >= 0.3 is 0 Å². The van der Waals surface area contributed by atoms with Crippen molar-refractivity contribution < 1.29 is 9.53 Å². The van der Waals surface area contributed by atoms with E-state index in [4.69, 9.17) is 27.9 Å². The molecule has 0 radical (unpaired) electrons. The fraction of sp³-hybridized carbons (Fsp3) is 0.533. The zero-order valence-corrected chi connectivity index (χ0v) is 12.3. The van der Waals surface area contributed by atoms with Gasteiger partial charge in [-0.25, -0.2) is 0 Å². The van der Waals surface area contributed by atoms with Gasteiger partial charge in [0.1, 0.15) is 6.61 Å². The van der Waals surface area contributed by atoms with E-state index in [1.807, 2.05) is 0 Å². The van der Waals surface area contributed by atoms with E-state index in [2.05, 4.69) is 0 Å². The number of halogens is 2. The van der Waals surface area contributed by atoms with E-state index in [1.54, 1.807) is 18.2 Å². The summed E-state index contributed by atoms with van der Waals surface area (Å²) in [5, 5.41) is 0.866. The van der Waals surface area contributed by atoms with Gasteiger partial charge in [0.05, 0.1) is 16.1 Å². The van der Waals surface area contributed by atoms with Crippen molar-refractivity contribution in [2.45, 2.75) is 44.6 Å². The van der Waals surface area contributed by atoms with Crippen LogP contribution >= 0.6 is 23.2 Å². The van der Waals surface area contributed by atoms with Gasteiger partial charge in [-0.2, -0.15) is 0 Å². The molecule has 1 aromatic rings. The summed E-state index contributed by atoms with van der Waals surface area (Å²) in [7, 11) is 0. The molecule has 1 aliphatic carbocycles. The van der Waals surface area contributed by atoms with E-state index in [0.29, 0.717) is 15.6 Å². The molecule has 0 aromatic heterocycles. The number of hydrogen-bond donors (Lipinski definition) is 0. The van der Waals surface area contributed by atoms with Crippen LogP contribution in [0.15, 0.2) is 18.2 Å². The maximum absolute atomic E-state index is 12.0. The third-order valence-corrected chi connectivity index (χ3v) is 4.23. The summed E-state index contributed by atoms with van der Waals surface area (Å²) >= 11 is 11.7. The predicted octanol–water partition coefficient (Wildman–Crippen LogP) is 4.92. The first-order valence-electron chi connectivity index (χ1n) is 6.76. The van der Waals surface area contributed by atoms with Crippen LogP contribution in [0.3, 0.4) is 0 Å². The highest BCUT2D eigenvalue weighted by molar-refractivity contribution is 6.42. The van der Waals surface area contributed by atoms with Crippen LogP contribution in [0.4, 0.5) is 0 Å². The first-order chi connectivity index (χ1) is 9.16. The Balaban J connectivity index is 1.87. The summed E-state index contributed by atoms with van der Waals surface area (Å²) in [5.41, 5.74) is 0.558. The standard InChI is InChI=1S/C15H18Cl2O2/c16-13-8-7-11(9-14(13)17)15(18)10-19-12-5-3-1-2-4-6-12/h7-9,12H,1-6,10H2. The smallest absolute Gasteiger partial charge is 0.188 e. The van der Waals surface area contributed by atoms with Crippen molar-refractivity contribution in [3.8, 4) is 0 Å². The molecule has 2 rings (SSSR count). The number of ketones is 1. The summed E-state index contributed by atoms with van der Waals surface area (Å²) in [6, 6.07) is 4.93. The minimum atomic E-state index is -0.0391. The van der Waals surface area contributed by atoms with Gasteiger partial charge < -0.3 is 4.74 Å². The van der Waals surface area contributed by atoms with Gasteiger partial charge in [0, 0.05) is 5.56 Å². The number of ether oxygens (including phenoxy) is 1. The van der Waals surface area contributed by atoms with Crippen LogP contribution in [0.2, 0.25) is 10.0 Å². The molecule has 1 fully saturated rings. The van der Waals surface area contributed by atoms with Gasteiger partial charge in [0.15, 0.2) is 5.78 Å². The molecule has 104 valence electrons. The van der Waals surface area contributed by atoms with Gasteiger partial charge in [0.25, 0.3) is 0 Å². The lowest BCUT2D eigenvalue weighted by Crippen LogP contribution is -2.18. The number of rotatable bonds is 4. The first kappa shape index (κ1) is 14.8. The largest absolute Gasteiger partial charge is 0.370 e. The van der Waals surface area contributed by atoms with Crippen LogP contribution in [0, 0.1) is 0 Å². The van der Waals surface area contributed by atoms with Crippen LogP contribution in [-0.4, -0.2) is 18.5 Å². The van der Waals surface area contributed by atoms with Crippen molar-refractivity contribution in [3.05, 3.63) is 33.8 Å². The highest BCUT2D eigenvalue weighted by Crippen LogP contribution is 2.23. The molecule has 4 heteroatoms. The van der Waals surface area contributed by atoms with E-state index in [1.165, 1.54) is 25.7 Å². The fourth-order valence-electron chi connectivity index (χ4n) is 2.36. The lowest BCUT2D eigenvalue weighted by molar-refractivity contribution is 0.0389. The van der Waals surface area contributed by atoms with Gasteiger partial charge in [0.2, 0.25) is 0 Å². The second kappa shape index (κ2) is 7.28. The van der Waals surface area contributed by atoms with Crippen molar-refractivity contribution >= 4 is 29.0 Å². The molecular formula is C15H18Cl2O2. The summed E-state index contributed by atoms with van der Waals surface area (Å²) in [5.74, 6) is -0.0391. The SMILES string of the molecule is O=C(COC1CCCCCC1)c1ccc(Cl)c(Cl)c1. The van der Waals surface area contributed by atoms with Gasteiger partial charge in [-0.15, -0.1) is 0 Å². The molecule has 0 heterocycles. The summed E-state index contributed by atoms with van der Waals surface area (Å²) in [4.78, 5) is 12.0. The molecule has 0 saturated heterocycles. The molecule has 0 bridgehead atoms. The predicted molar refractivity (Wildman–Crippen MR) is 78.2 cm³/mol. The zero-order chi connectivity index (χ0) is 13.7. The van der Waals surface area contributed by atoms with Gasteiger partial charge in [-0.1, -0.05) is 48.9 Å². The average Bonchev–Trinajstić information content (AvgIpc) is 2.67. The Hall–Kier alpha value is -0.570. The Morgan fingerprint density at radius 2 is 1.79 bits per heavy atom. The van der Waals surface area contributed by atoms with Crippen LogP contribution < -0.4 is 0 Å². The molecule has 1 aliphatic rings. The monoisotopic (exact) mass is 300 g/mol. The Morgan fingerprint density at radius 3 is 2.42 bits per heavy atom. The highest BCUT2D eigenvalue weighted by Gasteiger charge is 2.15. The van der Waals surface area contributed by atoms with Gasteiger partial charge in [-0.3, -0.25) is 4.79 Å². The number of Topliss-reactive ketones (excluding diaryl/α,β-unsaturated/α-hetero) is 1. The molecule has 2 nitrogen and oxygen atoms in total. The lowest BCUT2D eigenvalue weighted by atomic mass is 10.1. The van der Waals surface area contributed by atoms with E-state index in [0.717, 1.165) is 12.8 Å². The van der Waals surface area contributed by atoms with Crippen LogP contribution in [0.1, 0.15) is 48.9 Å². The first-order valence-corrected chi connectivity index (χ1v) is 7.52. The van der Waals surface area contributed by atoms with Crippen LogP contribution in [0.5, 0.6) is 0 Å². The van der Waals surface area contributed by atoms with Crippen molar-refractivity contribution in [2.75, 3.05) is 6.61 Å². The van der Waals surface area contributed by atoms with Crippen LogP contribution in [-0.2, 0) is 4.74 Å². The number of carbonyl (C=O) groups excluding carboxylic acids is 1. The zero-order valence-electron chi connectivity index (χ0n) is 10.8. The molecule has 0 aliphatic heterocycles. The summed E-state index contributed by atoms with van der Waals surface area (Å²) in [6.45, 7) is 0.128. The number of benzene rings is 1. The molecule has 19 heavy (non-hydrogen) atoms. The maximum atomic E-state index is 12.0. The minimum Gasteiger partial charge on any atom is -0.370 e. The van der Waals surface area contributed by atoms with E-state index < -0.39 is 0 Å². The number of carbonyl (C=O) groups is 1. The molecular weight excluding hydrogens is 283 g/mol. The fourth-order valence-corrected chi connectivity index (χ4v) is 2.65. The average molecular weight is 301 g/mol. The maximum Gasteiger partial charge on any atom is 0.188 e. The molecule has 1 aromatic carbocycles. The Morgan fingerprint density at radius 1 is 1.11 bits per heavy atom. The lowest BCUT2D eigenvalue weighted by Gasteiger charge is -2.14. The van der Waals surface area contributed by atoms with Crippen molar-refractivity contribution in [3.63, 3.8) is 0 Å². The molecule has 0 unspecified atom stereocenters. The number of hydrogen-bond acceptors (Lipinski definition) is 2. The van der Waals surface area contributed by atoms with Crippen molar-refractivity contribution in [1.82, 2.24) is 0 Å². The van der Waals surface area contributed by atoms with E-state index in [-0.39, 0.29) is 18.5 Å². The second-order valence-electron chi connectivity index (χ2n) is 4.98. The Bertz CT molecular complexity index is 438. The molecule has 0 atom stereocenters. The third kappa shape index (κ3) is 4.48. The minimum absolute atomic E-state index is 0.0391. The molecule has 1 saturated carbocycles. The quantitative estimate of drug-likeness (QED) is 0.583. The van der Waals surface area contributed by atoms with E-state index >= 15 is 0 Å². The molecule has 0 spiro atoms. The highest BCUT2D eigenvalue weighted by atomic mass is 35.5. The second-order valence-corrected chi connectivity index (χ2v) is 5.79. The topological polar surface area (TPSA) is 26.3 Å². The molecule has 0 N–H and O–H groups in total. The summed E-state index contributed by atoms with van der Waals surface area (Å²) < 4.78 is 5.72. The van der Waals surface area contributed by atoms with Crippen molar-refractivity contribution in [1.29, 1.82) is 0 Å². The normalized spacial score (nSPS) is 17.2.